The molecule has 0 aliphatic heterocycles. The zero-order chi connectivity index (χ0) is 12.1. The van der Waals surface area contributed by atoms with Gasteiger partial charge in [-0.1, -0.05) is 13.0 Å². The van der Waals surface area contributed by atoms with Crippen molar-refractivity contribution in [3.8, 4) is 5.75 Å². The van der Waals surface area contributed by atoms with E-state index in [1.165, 1.54) is 6.07 Å². The summed E-state index contributed by atoms with van der Waals surface area (Å²) in [6.45, 7) is 5.66. The van der Waals surface area contributed by atoms with E-state index in [0.29, 0.717) is 12.2 Å². The van der Waals surface area contributed by atoms with Crippen LogP contribution >= 0.6 is 0 Å². The summed E-state index contributed by atoms with van der Waals surface area (Å²) in [6, 6.07) is 4.84. The maximum Gasteiger partial charge on any atom is 0.311 e. The Morgan fingerprint density at radius 1 is 1.56 bits per heavy atom. The number of nitro benzene ring substituents is 1. The molecule has 16 heavy (non-hydrogen) atoms. The molecule has 0 radical (unpaired) electrons. The van der Waals surface area contributed by atoms with Gasteiger partial charge in [0.05, 0.1) is 10.7 Å². The van der Waals surface area contributed by atoms with Crippen molar-refractivity contribution in [2.45, 2.75) is 27.2 Å². The van der Waals surface area contributed by atoms with E-state index in [1.54, 1.807) is 12.1 Å². The predicted octanol–water partition coefficient (Wildman–Crippen LogP) is 3.60. The molecule has 0 atom stereocenters. The van der Waals surface area contributed by atoms with Crippen molar-refractivity contribution in [2.24, 2.45) is 0 Å². The zero-order valence-corrected chi connectivity index (χ0v) is 9.69. The summed E-state index contributed by atoms with van der Waals surface area (Å²) in [4.78, 5) is 10.4. The van der Waals surface area contributed by atoms with Crippen LogP contribution < -0.4 is 4.74 Å². The molecule has 0 aliphatic carbocycles. The molecule has 4 nitrogen and oxygen atoms in total. The van der Waals surface area contributed by atoms with Crippen molar-refractivity contribution in [3.63, 3.8) is 0 Å². The minimum absolute atomic E-state index is 0.00148. The molecule has 0 heterocycles. The second-order valence-corrected chi connectivity index (χ2v) is 3.44. The molecule has 0 bridgehead atoms. The fourth-order valence-electron chi connectivity index (χ4n) is 1.33. The first kappa shape index (κ1) is 12.2. The van der Waals surface area contributed by atoms with Crippen LogP contribution in [0, 0.1) is 17.0 Å². The first-order chi connectivity index (χ1) is 7.58. The summed E-state index contributed by atoms with van der Waals surface area (Å²) < 4.78 is 5.51. The van der Waals surface area contributed by atoms with Gasteiger partial charge in [-0.2, -0.15) is 0 Å². The van der Waals surface area contributed by atoms with Crippen LogP contribution in [-0.4, -0.2) is 4.92 Å². The number of nitro groups is 1. The van der Waals surface area contributed by atoms with Gasteiger partial charge in [0.1, 0.15) is 0 Å². The summed E-state index contributed by atoms with van der Waals surface area (Å²) in [5.74, 6) is 1.04. The molecule has 0 unspecified atom stereocenters. The van der Waals surface area contributed by atoms with E-state index in [0.717, 1.165) is 11.3 Å². The van der Waals surface area contributed by atoms with Gasteiger partial charge in [0.2, 0.25) is 5.75 Å². The Balaban J connectivity index is 3.10. The Morgan fingerprint density at radius 3 is 2.75 bits per heavy atom. The number of rotatable bonds is 4. The number of ether oxygens (including phenoxy) is 1. The van der Waals surface area contributed by atoms with Crippen molar-refractivity contribution in [3.05, 3.63) is 45.7 Å². The van der Waals surface area contributed by atoms with E-state index in [9.17, 15) is 10.1 Å². The molecular formula is C12H15NO3. The topological polar surface area (TPSA) is 52.4 Å². The largest absolute Gasteiger partial charge is 0.455 e. The van der Waals surface area contributed by atoms with E-state index in [-0.39, 0.29) is 5.69 Å². The highest BCUT2D eigenvalue weighted by atomic mass is 16.6. The van der Waals surface area contributed by atoms with Crippen LogP contribution in [0.15, 0.2) is 30.0 Å². The number of benzene rings is 1. The number of nitrogens with zero attached hydrogens (tertiary/aromatic N) is 1. The van der Waals surface area contributed by atoms with Crippen LogP contribution in [0.25, 0.3) is 0 Å². The van der Waals surface area contributed by atoms with Crippen LogP contribution in [0.5, 0.6) is 5.75 Å². The number of hydrogen-bond donors (Lipinski definition) is 0. The smallest absolute Gasteiger partial charge is 0.311 e. The highest BCUT2D eigenvalue weighted by molar-refractivity contribution is 5.48. The second kappa shape index (κ2) is 5.30. The SMILES string of the molecule is CC=C(CC)Oc1cc(C)ccc1[N+](=O)[O-]. The summed E-state index contributed by atoms with van der Waals surface area (Å²) >= 11 is 0. The maximum absolute atomic E-state index is 10.8. The Morgan fingerprint density at radius 2 is 2.25 bits per heavy atom. The first-order valence-electron chi connectivity index (χ1n) is 5.16. The number of aryl methyl sites for hydroxylation is 1. The second-order valence-electron chi connectivity index (χ2n) is 3.44. The van der Waals surface area contributed by atoms with Gasteiger partial charge in [-0.15, -0.1) is 0 Å². The lowest BCUT2D eigenvalue weighted by Crippen LogP contribution is -1.98. The van der Waals surface area contributed by atoms with E-state index in [4.69, 9.17) is 4.74 Å². The molecule has 86 valence electrons. The minimum Gasteiger partial charge on any atom is -0.455 e. The fourth-order valence-corrected chi connectivity index (χ4v) is 1.33. The van der Waals surface area contributed by atoms with Gasteiger partial charge < -0.3 is 4.74 Å². The minimum atomic E-state index is -0.433. The van der Waals surface area contributed by atoms with Gasteiger partial charge >= 0.3 is 5.69 Å². The van der Waals surface area contributed by atoms with Crippen LogP contribution in [-0.2, 0) is 0 Å². The van der Waals surface area contributed by atoms with Gasteiger partial charge in [0, 0.05) is 12.5 Å². The van der Waals surface area contributed by atoms with E-state index in [2.05, 4.69) is 0 Å². The van der Waals surface area contributed by atoms with E-state index in [1.807, 2.05) is 26.8 Å². The molecule has 0 fully saturated rings. The zero-order valence-electron chi connectivity index (χ0n) is 9.69. The van der Waals surface area contributed by atoms with Crippen molar-refractivity contribution in [2.75, 3.05) is 0 Å². The molecule has 1 aromatic rings. The highest BCUT2D eigenvalue weighted by Crippen LogP contribution is 2.29. The molecule has 0 aliphatic rings. The van der Waals surface area contributed by atoms with Crippen molar-refractivity contribution in [1.29, 1.82) is 0 Å². The average Bonchev–Trinajstić information content (AvgIpc) is 2.25. The number of hydrogen-bond acceptors (Lipinski definition) is 3. The van der Waals surface area contributed by atoms with Crippen LogP contribution in [0.1, 0.15) is 25.8 Å². The monoisotopic (exact) mass is 221 g/mol. The van der Waals surface area contributed by atoms with Gasteiger partial charge in [-0.3, -0.25) is 10.1 Å². The standard InChI is InChI=1S/C12H15NO3/c1-4-10(5-2)16-12-8-9(3)6-7-11(12)13(14)15/h4,6-8H,5H2,1-3H3. The summed E-state index contributed by atoms with van der Waals surface area (Å²) in [6.07, 6.45) is 2.52. The lowest BCUT2D eigenvalue weighted by molar-refractivity contribution is -0.385. The van der Waals surface area contributed by atoms with Crippen LogP contribution in [0.2, 0.25) is 0 Å². The van der Waals surface area contributed by atoms with Crippen molar-refractivity contribution in [1.82, 2.24) is 0 Å². The molecule has 0 spiro atoms. The summed E-state index contributed by atoms with van der Waals surface area (Å²) in [5.41, 5.74) is 0.936. The molecule has 0 aromatic heterocycles. The van der Waals surface area contributed by atoms with Gasteiger partial charge in [0.15, 0.2) is 0 Å². The molecule has 4 heteroatoms. The van der Waals surface area contributed by atoms with E-state index >= 15 is 0 Å². The Bertz CT molecular complexity index is 424. The summed E-state index contributed by atoms with van der Waals surface area (Å²) in [7, 11) is 0. The van der Waals surface area contributed by atoms with Crippen LogP contribution in [0.4, 0.5) is 5.69 Å². The van der Waals surface area contributed by atoms with Gasteiger partial charge in [-0.05, 0) is 31.6 Å². The molecule has 1 rings (SSSR count). The lowest BCUT2D eigenvalue weighted by Gasteiger charge is -2.08. The predicted molar refractivity (Wildman–Crippen MR) is 62.5 cm³/mol. The maximum atomic E-state index is 10.8. The Kier molecular flexibility index (Phi) is 4.05. The third-order valence-electron chi connectivity index (χ3n) is 2.22. The molecule has 0 saturated carbocycles. The fraction of sp³-hybridized carbons (Fsp3) is 0.333. The van der Waals surface area contributed by atoms with Gasteiger partial charge in [0.25, 0.3) is 0 Å². The third-order valence-corrected chi connectivity index (χ3v) is 2.22. The molecule has 0 saturated heterocycles. The average molecular weight is 221 g/mol. The summed E-state index contributed by atoms with van der Waals surface area (Å²) in [5, 5.41) is 10.8. The van der Waals surface area contributed by atoms with Crippen molar-refractivity contribution < 1.29 is 9.66 Å². The lowest BCUT2D eigenvalue weighted by atomic mass is 10.2. The van der Waals surface area contributed by atoms with Crippen molar-refractivity contribution >= 4 is 5.69 Å². The molecule has 0 amide bonds. The quantitative estimate of drug-likeness (QED) is 0.443. The van der Waals surface area contributed by atoms with Crippen LogP contribution in [0.3, 0.4) is 0 Å². The first-order valence-corrected chi connectivity index (χ1v) is 5.16. The highest BCUT2D eigenvalue weighted by Gasteiger charge is 2.15. The normalized spacial score (nSPS) is 11.3. The van der Waals surface area contributed by atoms with E-state index < -0.39 is 4.92 Å². The van der Waals surface area contributed by atoms with Gasteiger partial charge in [-0.25, -0.2) is 0 Å². The molecule has 1 aromatic carbocycles. The Hall–Kier alpha value is -1.84. The number of allylic oxidation sites excluding steroid dienone is 2. The Labute approximate surface area is 94.7 Å². The third kappa shape index (κ3) is 2.82. The molecular weight excluding hydrogens is 206 g/mol. The molecule has 0 N–H and O–H groups in total.